The zero-order valence-corrected chi connectivity index (χ0v) is 13.2. The fourth-order valence-corrected chi connectivity index (χ4v) is 2.20. The van der Waals surface area contributed by atoms with E-state index in [1.54, 1.807) is 7.11 Å². The molecule has 1 unspecified atom stereocenters. The van der Waals surface area contributed by atoms with Crippen LogP contribution >= 0.6 is 0 Å². The van der Waals surface area contributed by atoms with Crippen LogP contribution in [0.1, 0.15) is 25.5 Å². The summed E-state index contributed by atoms with van der Waals surface area (Å²) in [6, 6.07) is 8.54. The largest absolute Gasteiger partial charge is 0.497 e. The van der Waals surface area contributed by atoms with Gasteiger partial charge in [-0.05, 0) is 38.2 Å². The Bertz CT molecular complexity index is 371. The van der Waals surface area contributed by atoms with Gasteiger partial charge in [0.25, 0.3) is 0 Å². The van der Waals surface area contributed by atoms with Crippen molar-refractivity contribution in [2.24, 2.45) is 0 Å². The Morgan fingerprint density at radius 2 is 2.10 bits per heavy atom. The topological polar surface area (TPSA) is 33.7 Å². The van der Waals surface area contributed by atoms with E-state index in [2.05, 4.69) is 29.3 Å². The van der Waals surface area contributed by atoms with Crippen molar-refractivity contribution >= 4 is 0 Å². The van der Waals surface area contributed by atoms with Gasteiger partial charge in [-0.1, -0.05) is 19.1 Å². The molecular formula is C16H28N2O2. The van der Waals surface area contributed by atoms with Crippen LogP contribution in [0.15, 0.2) is 24.3 Å². The normalized spacial score (nSPS) is 12.7. The van der Waals surface area contributed by atoms with Crippen molar-refractivity contribution in [1.29, 1.82) is 0 Å². The molecule has 0 saturated heterocycles. The minimum absolute atomic E-state index is 0.298. The maximum absolute atomic E-state index is 5.44. The predicted molar refractivity (Wildman–Crippen MR) is 83.4 cm³/mol. The minimum atomic E-state index is 0.298. The lowest BCUT2D eigenvalue weighted by molar-refractivity contribution is 0.111. The number of likely N-dealkylation sites (N-methyl/N-ethyl adjacent to an activating group) is 2. The van der Waals surface area contributed by atoms with Crippen molar-refractivity contribution in [3.8, 4) is 5.75 Å². The van der Waals surface area contributed by atoms with Crippen LogP contribution in [0.4, 0.5) is 0 Å². The van der Waals surface area contributed by atoms with Gasteiger partial charge in [-0.3, -0.25) is 4.90 Å². The molecule has 0 fully saturated rings. The summed E-state index contributed by atoms with van der Waals surface area (Å²) in [6.45, 7) is 8.74. The van der Waals surface area contributed by atoms with E-state index in [0.29, 0.717) is 6.04 Å². The summed E-state index contributed by atoms with van der Waals surface area (Å²) in [5.74, 6) is 0.903. The van der Waals surface area contributed by atoms with Gasteiger partial charge >= 0.3 is 0 Å². The third kappa shape index (κ3) is 5.49. The Balaban J connectivity index is 2.63. The first-order chi connectivity index (χ1) is 9.74. The molecule has 1 aromatic rings. The molecule has 0 radical (unpaired) electrons. The van der Waals surface area contributed by atoms with Crippen molar-refractivity contribution in [2.45, 2.75) is 19.9 Å². The molecule has 0 aliphatic rings. The SMILES string of the molecule is CCOCCN(CC)CC(NC)c1cccc(OC)c1. The average molecular weight is 280 g/mol. The van der Waals surface area contributed by atoms with E-state index < -0.39 is 0 Å². The van der Waals surface area contributed by atoms with Gasteiger partial charge in [-0.15, -0.1) is 0 Å². The first kappa shape index (κ1) is 17.0. The summed E-state index contributed by atoms with van der Waals surface area (Å²) >= 11 is 0. The molecule has 0 bridgehead atoms. The Kier molecular flexibility index (Phi) is 8.26. The van der Waals surface area contributed by atoms with Crippen LogP contribution in [-0.2, 0) is 4.74 Å². The molecule has 0 aromatic heterocycles. The summed E-state index contributed by atoms with van der Waals surface area (Å²) in [6.07, 6.45) is 0. The number of rotatable bonds is 10. The van der Waals surface area contributed by atoms with E-state index in [1.165, 1.54) is 5.56 Å². The summed E-state index contributed by atoms with van der Waals surface area (Å²) in [5, 5.41) is 3.39. The summed E-state index contributed by atoms with van der Waals surface area (Å²) in [5.41, 5.74) is 1.25. The van der Waals surface area contributed by atoms with E-state index in [-0.39, 0.29) is 0 Å². The van der Waals surface area contributed by atoms with Crippen molar-refractivity contribution in [2.75, 3.05) is 47.0 Å². The second-order valence-electron chi connectivity index (χ2n) is 4.71. The Labute approximate surface area is 123 Å². The molecule has 0 spiro atoms. The minimum Gasteiger partial charge on any atom is -0.497 e. The number of nitrogens with one attached hydrogen (secondary N) is 1. The van der Waals surface area contributed by atoms with Crippen molar-refractivity contribution in [1.82, 2.24) is 10.2 Å². The highest BCUT2D eigenvalue weighted by Gasteiger charge is 2.14. The van der Waals surface area contributed by atoms with E-state index in [9.17, 15) is 0 Å². The second kappa shape index (κ2) is 9.75. The molecule has 0 aliphatic carbocycles. The number of nitrogens with zero attached hydrogens (tertiary/aromatic N) is 1. The van der Waals surface area contributed by atoms with E-state index >= 15 is 0 Å². The smallest absolute Gasteiger partial charge is 0.119 e. The van der Waals surface area contributed by atoms with Gasteiger partial charge in [0.15, 0.2) is 0 Å². The molecule has 0 aliphatic heterocycles. The van der Waals surface area contributed by atoms with Crippen molar-refractivity contribution in [3.05, 3.63) is 29.8 Å². The molecule has 1 rings (SSSR count). The van der Waals surface area contributed by atoms with Crippen LogP contribution in [0, 0.1) is 0 Å². The van der Waals surface area contributed by atoms with Gasteiger partial charge in [-0.25, -0.2) is 0 Å². The number of hydrogen-bond donors (Lipinski definition) is 1. The van der Waals surface area contributed by atoms with Crippen LogP contribution < -0.4 is 10.1 Å². The maximum atomic E-state index is 5.44. The molecule has 0 saturated carbocycles. The van der Waals surface area contributed by atoms with Gasteiger partial charge in [-0.2, -0.15) is 0 Å². The first-order valence-corrected chi connectivity index (χ1v) is 7.36. The molecule has 0 amide bonds. The Morgan fingerprint density at radius 3 is 2.70 bits per heavy atom. The third-order valence-corrected chi connectivity index (χ3v) is 3.49. The molecular weight excluding hydrogens is 252 g/mol. The lowest BCUT2D eigenvalue weighted by Gasteiger charge is -2.26. The number of ether oxygens (including phenoxy) is 2. The molecule has 1 atom stereocenters. The molecule has 114 valence electrons. The van der Waals surface area contributed by atoms with Gasteiger partial charge in [0.05, 0.1) is 13.7 Å². The molecule has 1 aromatic carbocycles. The van der Waals surface area contributed by atoms with Crippen molar-refractivity contribution in [3.63, 3.8) is 0 Å². The molecule has 4 heteroatoms. The average Bonchev–Trinajstić information content (AvgIpc) is 2.50. The Hall–Kier alpha value is -1.10. The van der Waals surface area contributed by atoms with Gasteiger partial charge in [0.2, 0.25) is 0 Å². The fourth-order valence-electron chi connectivity index (χ4n) is 2.20. The third-order valence-electron chi connectivity index (χ3n) is 3.49. The number of benzene rings is 1. The second-order valence-corrected chi connectivity index (χ2v) is 4.71. The highest BCUT2D eigenvalue weighted by molar-refractivity contribution is 5.30. The molecule has 0 heterocycles. The van der Waals surface area contributed by atoms with Crippen LogP contribution in [0.5, 0.6) is 5.75 Å². The van der Waals surface area contributed by atoms with E-state index in [0.717, 1.165) is 38.6 Å². The number of hydrogen-bond acceptors (Lipinski definition) is 4. The molecule has 1 N–H and O–H groups in total. The van der Waals surface area contributed by atoms with Crippen molar-refractivity contribution < 1.29 is 9.47 Å². The van der Waals surface area contributed by atoms with Crippen LogP contribution in [0.25, 0.3) is 0 Å². The van der Waals surface area contributed by atoms with E-state index in [1.807, 2.05) is 26.1 Å². The lowest BCUT2D eigenvalue weighted by atomic mass is 10.1. The van der Waals surface area contributed by atoms with Gasteiger partial charge in [0.1, 0.15) is 5.75 Å². The van der Waals surface area contributed by atoms with Crippen LogP contribution in [0.2, 0.25) is 0 Å². The highest BCUT2D eigenvalue weighted by atomic mass is 16.5. The Morgan fingerprint density at radius 1 is 1.30 bits per heavy atom. The van der Waals surface area contributed by atoms with E-state index in [4.69, 9.17) is 9.47 Å². The summed E-state index contributed by atoms with van der Waals surface area (Å²) in [7, 11) is 3.70. The lowest BCUT2D eigenvalue weighted by Crippen LogP contribution is -2.35. The standard InChI is InChI=1S/C16H28N2O2/c1-5-18(10-11-20-6-2)13-16(17-3)14-8-7-9-15(12-14)19-4/h7-9,12,16-17H,5-6,10-11,13H2,1-4H3. The zero-order valence-electron chi connectivity index (χ0n) is 13.2. The highest BCUT2D eigenvalue weighted by Crippen LogP contribution is 2.19. The number of methoxy groups -OCH3 is 1. The van der Waals surface area contributed by atoms with Gasteiger partial charge in [0, 0.05) is 25.7 Å². The van der Waals surface area contributed by atoms with Crippen LogP contribution in [-0.4, -0.2) is 51.9 Å². The summed E-state index contributed by atoms with van der Waals surface area (Å²) < 4.78 is 10.7. The van der Waals surface area contributed by atoms with Crippen LogP contribution in [0.3, 0.4) is 0 Å². The monoisotopic (exact) mass is 280 g/mol. The molecule has 20 heavy (non-hydrogen) atoms. The zero-order chi connectivity index (χ0) is 14.8. The maximum Gasteiger partial charge on any atom is 0.119 e. The van der Waals surface area contributed by atoms with Gasteiger partial charge < -0.3 is 14.8 Å². The summed E-state index contributed by atoms with van der Waals surface area (Å²) in [4.78, 5) is 2.40. The predicted octanol–water partition coefficient (Wildman–Crippen LogP) is 2.31. The first-order valence-electron chi connectivity index (χ1n) is 7.36. The quantitative estimate of drug-likeness (QED) is 0.667. The fraction of sp³-hybridized carbons (Fsp3) is 0.625. The molecule has 4 nitrogen and oxygen atoms in total.